The number of rotatable bonds is 6. The van der Waals surface area contributed by atoms with E-state index >= 15 is 0 Å². The number of nitrogens with one attached hydrogen (secondary N) is 1. The van der Waals surface area contributed by atoms with E-state index in [2.05, 4.69) is 9.97 Å². The Morgan fingerprint density at radius 2 is 2.04 bits per heavy atom. The molecule has 0 amide bonds. The van der Waals surface area contributed by atoms with Gasteiger partial charge in [-0.25, -0.2) is 8.78 Å². The normalized spacial score (nSPS) is 11.4. The maximum absolute atomic E-state index is 12.9. The van der Waals surface area contributed by atoms with Gasteiger partial charge in [-0.05, 0) is 23.8 Å². The Morgan fingerprint density at radius 1 is 1.29 bits per heavy atom. The maximum Gasteiger partial charge on any atom is 0.280 e. The number of aromatic nitrogens is 2. The Balaban J connectivity index is 2.72. The van der Waals surface area contributed by atoms with E-state index in [0.29, 0.717) is 17.5 Å². The first kappa shape index (κ1) is 17.2. The number of pyridine rings is 2. The highest BCUT2D eigenvalue weighted by molar-refractivity contribution is 5.90. The molecule has 8 heteroatoms. The molecule has 24 heavy (non-hydrogen) atoms. The fraction of sp³-hybridized carbons (Fsp3) is 0.125. The second-order valence-corrected chi connectivity index (χ2v) is 4.67. The quantitative estimate of drug-likeness (QED) is 0.625. The standard InChI is InChI=1S/C16H14F2N4O2/c1-24-15-7-22-14(16(17)18)5-11(15)10-4-13(12(20)2-3-19)21-6-9(10)8-23/h2-8,16,19H,20H2,1H3/b12-2-,19-3?. The maximum atomic E-state index is 12.9. The molecule has 0 radical (unpaired) electrons. The van der Waals surface area contributed by atoms with Crippen LogP contribution in [0.5, 0.6) is 5.75 Å². The number of methoxy groups -OCH3 is 1. The van der Waals surface area contributed by atoms with Crippen molar-refractivity contribution >= 4 is 18.2 Å². The Kier molecular flexibility index (Phi) is 5.31. The first-order chi connectivity index (χ1) is 11.5. The van der Waals surface area contributed by atoms with Gasteiger partial charge in [0.2, 0.25) is 0 Å². The van der Waals surface area contributed by atoms with Crippen molar-refractivity contribution in [3.63, 3.8) is 0 Å². The Hall–Kier alpha value is -3.16. The van der Waals surface area contributed by atoms with Crippen LogP contribution in [0.25, 0.3) is 16.8 Å². The summed E-state index contributed by atoms with van der Waals surface area (Å²) in [6.45, 7) is 0. The minimum atomic E-state index is -2.77. The van der Waals surface area contributed by atoms with Gasteiger partial charge in [-0.1, -0.05) is 0 Å². The fourth-order valence-electron chi connectivity index (χ4n) is 2.08. The van der Waals surface area contributed by atoms with Crippen LogP contribution in [-0.2, 0) is 0 Å². The second kappa shape index (κ2) is 7.40. The minimum absolute atomic E-state index is 0.186. The summed E-state index contributed by atoms with van der Waals surface area (Å²) in [4.78, 5) is 19.0. The lowest BCUT2D eigenvalue weighted by atomic mass is 10.00. The minimum Gasteiger partial charge on any atom is -0.494 e. The number of allylic oxidation sites excluding steroid dienone is 1. The summed E-state index contributed by atoms with van der Waals surface area (Å²) in [7, 11) is 1.37. The van der Waals surface area contributed by atoms with Crippen molar-refractivity contribution in [3.05, 3.63) is 47.6 Å². The molecule has 0 fully saturated rings. The van der Waals surface area contributed by atoms with E-state index in [4.69, 9.17) is 15.9 Å². The van der Waals surface area contributed by atoms with Gasteiger partial charge < -0.3 is 15.9 Å². The molecule has 0 aliphatic heterocycles. The molecule has 6 nitrogen and oxygen atoms in total. The van der Waals surface area contributed by atoms with Gasteiger partial charge in [-0.2, -0.15) is 0 Å². The molecule has 0 aliphatic rings. The third kappa shape index (κ3) is 3.43. The Morgan fingerprint density at radius 3 is 2.62 bits per heavy atom. The number of alkyl halides is 2. The summed E-state index contributed by atoms with van der Waals surface area (Å²) < 4.78 is 31.1. The molecular weight excluding hydrogens is 318 g/mol. The average Bonchev–Trinajstić information content (AvgIpc) is 2.60. The zero-order valence-electron chi connectivity index (χ0n) is 12.7. The lowest BCUT2D eigenvalue weighted by molar-refractivity contribution is 0.112. The summed E-state index contributed by atoms with van der Waals surface area (Å²) in [6.07, 6.45) is 2.56. The molecule has 0 spiro atoms. The van der Waals surface area contributed by atoms with Crippen LogP contribution in [0.15, 0.2) is 30.6 Å². The van der Waals surface area contributed by atoms with Gasteiger partial charge in [0.15, 0.2) is 6.29 Å². The summed E-state index contributed by atoms with van der Waals surface area (Å²) in [5, 5.41) is 7.04. The summed E-state index contributed by atoms with van der Waals surface area (Å²) in [5.74, 6) is 0.231. The zero-order valence-corrected chi connectivity index (χ0v) is 12.7. The van der Waals surface area contributed by atoms with Gasteiger partial charge in [0, 0.05) is 23.5 Å². The monoisotopic (exact) mass is 332 g/mol. The topological polar surface area (TPSA) is 102 Å². The average molecular weight is 332 g/mol. The van der Waals surface area contributed by atoms with Gasteiger partial charge in [0.1, 0.15) is 11.4 Å². The highest BCUT2D eigenvalue weighted by atomic mass is 19.3. The van der Waals surface area contributed by atoms with Crippen molar-refractivity contribution in [2.45, 2.75) is 6.43 Å². The van der Waals surface area contributed by atoms with Crippen molar-refractivity contribution < 1.29 is 18.3 Å². The number of halogens is 2. The van der Waals surface area contributed by atoms with E-state index in [9.17, 15) is 13.6 Å². The first-order valence-electron chi connectivity index (χ1n) is 6.76. The smallest absolute Gasteiger partial charge is 0.280 e. The number of nitrogens with zero attached hydrogens (tertiary/aromatic N) is 2. The fourth-order valence-corrected chi connectivity index (χ4v) is 2.08. The number of aldehydes is 1. The molecule has 3 N–H and O–H groups in total. The number of hydrogen-bond acceptors (Lipinski definition) is 6. The predicted octanol–water partition coefficient (Wildman–Crippen LogP) is 2.85. The van der Waals surface area contributed by atoms with E-state index in [-0.39, 0.29) is 22.6 Å². The number of ether oxygens (including phenoxy) is 1. The molecule has 124 valence electrons. The molecule has 0 unspecified atom stereocenters. The molecule has 0 bridgehead atoms. The molecule has 0 atom stereocenters. The second-order valence-electron chi connectivity index (χ2n) is 4.67. The first-order valence-corrected chi connectivity index (χ1v) is 6.76. The summed E-state index contributed by atoms with van der Waals surface area (Å²) in [5.41, 5.74) is 6.64. The Bertz CT molecular complexity index is 807. The number of nitrogens with two attached hydrogens (primary N) is 1. The van der Waals surface area contributed by atoms with Gasteiger partial charge in [-0.3, -0.25) is 14.8 Å². The van der Waals surface area contributed by atoms with Gasteiger partial charge in [0.25, 0.3) is 6.43 Å². The molecule has 0 saturated carbocycles. The third-order valence-electron chi connectivity index (χ3n) is 3.24. The Labute approximate surface area is 136 Å². The van der Waals surface area contributed by atoms with Crippen molar-refractivity contribution in [1.82, 2.24) is 9.97 Å². The molecule has 2 aromatic heterocycles. The lowest BCUT2D eigenvalue weighted by Crippen LogP contribution is -2.03. The predicted molar refractivity (Wildman–Crippen MR) is 85.3 cm³/mol. The molecule has 0 aliphatic carbocycles. The van der Waals surface area contributed by atoms with Crippen LogP contribution in [0.4, 0.5) is 8.78 Å². The summed E-state index contributed by atoms with van der Waals surface area (Å²) in [6, 6.07) is 2.64. The van der Waals surface area contributed by atoms with E-state index in [0.717, 1.165) is 12.3 Å². The van der Waals surface area contributed by atoms with Crippen molar-refractivity contribution in [2.75, 3.05) is 7.11 Å². The van der Waals surface area contributed by atoms with Crippen LogP contribution in [-0.4, -0.2) is 29.6 Å². The zero-order chi connectivity index (χ0) is 17.7. The van der Waals surface area contributed by atoms with Gasteiger partial charge in [0.05, 0.1) is 24.7 Å². The van der Waals surface area contributed by atoms with E-state index < -0.39 is 12.1 Å². The highest BCUT2D eigenvalue weighted by Crippen LogP contribution is 2.34. The number of hydrogen-bond donors (Lipinski definition) is 2. The van der Waals surface area contributed by atoms with E-state index in [1.54, 1.807) is 0 Å². The molecule has 2 rings (SSSR count). The summed E-state index contributed by atoms with van der Waals surface area (Å²) >= 11 is 0. The molecule has 0 saturated heterocycles. The molecule has 2 aromatic rings. The number of carbonyl (C=O) groups is 1. The molecule has 0 aromatic carbocycles. The van der Waals surface area contributed by atoms with E-state index in [1.165, 1.54) is 31.6 Å². The SMILES string of the molecule is COc1cnc(C(F)F)cc1-c1cc(/C(N)=C/C=N)ncc1C=O. The molecule has 2 heterocycles. The highest BCUT2D eigenvalue weighted by Gasteiger charge is 2.17. The van der Waals surface area contributed by atoms with Crippen molar-refractivity contribution in [2.24, 2.45) is 5.73 Å². The number of carbonyl (C=O) groups excluding carboxylic acids is 1. The van der Waals surface area contributed by atoms with Gasteiger partial charge >= 0.3 is 0 Å². The lowest BCUT2D eigenvalue weighted by Gasteiger charge is -2.13. The van der Waals surface area contributed by atoms with E-state index in [1.807, 2.05) is 0 Å². The van der Waals surface area contributed by atoms with Crippen LogP contribution in [0.3, 0.4) is 0 Å². The largest absolute Gasteiger partial charge is 0.494 e. The van der Waals surface area contributed by atoms with Crippen molar-refractivity contribution in [3.8, 4) is 16.9 Å². The van der Waals surface area contributed by atoms with Crippen LogP contribution in [0.1, 0.15) is 28.2 Å². The van der Waals surface area contributed by atoms with Crippen LogP contribution in [0, 0.1) is 5.41 Å². The van der Waals surface area contributed by atoms with Gasteiger partial charge in [-0.15, -0.1) is 0 Å². The van der Waals surface area contributed by atoms with Crippen LogP contribution >= 0.6 is 0 Å². The van der Waals surface area contributed by atoms with Crippen LogP contribution in [0.2, 0.25) is 0 Å². The van der Waals surface area contributed by atoms with Crippen LogP contribution < -0.4 is 10.5 Å². The van der Waals surface area contributed by atoms with Crippen molar-refractivity contribution in [1.29, 1.82) is 5.41 Å². The third-order valence-corrected chi connectivity index (χ3v) is 3.24. The molecular formula is C16H14F2N4O2.